The van der Waals surface area contributed by atoms with Gasteiger partial charge in [-0.25, -0.2) is 0 Å². The van der Waals surface area contributed by atoms with Gasteiger partial charge in [-0.2, -0.15) is 0 Å². The van der Waals surface area contributed by atoms with Crippen LogP contribution in [0.3, 0.4) is 0 Å². The largest absolute Gasteiger partial charge is 0.467 e. The quantitative estimate of drug-likeness (QED) is 0.458. The lowest BCUT2D eigenvalue weighted by atomic mass is 10.0. The van der Waals surface area contributed by atoms with Gasteiger partial charge in [0.15, 0.2) is 0 Å². The SMILES string of the molecule is O=C(CCCc1c(-c2ccccn2)[nH]c2ccc(Cl)cc12)NCc1ccco1. The summed E-state index contributed by atoms with van der Waals surface area (Å²) in [4.78, 5) is 20.1. The summed E-state index contributed by atoms with van der Waals surface area (Å²) < 4.78 is 5.23. The van der Waals surface area contributed by atoms with Crippen LogP contribution in [0.1, 0.15) is 24.2 Å². The van der Waals surface area contributed by atoms with Crippen molar-refractivity contribution >= 4 is 28.4 Å². The van der Waals surface area contributed by atoms with Gasteiger partial charge < -0.3 is 14.7 Å². The van der Waals surface area contributed by atoms with Crippen LogP contribution < -0.4 is 5.32 Å². The van der Waals surface area contributed by atoms with E-state index in [2.05, 4.69) is 15.3 Å². The minimum Gasteiger partial charge on any atom is -0.467 e. The first-order valence-corrected chi connectivity index (χ1v) is 9.59. The van der Waals surface area contributed by atoms with Crippen molar-refractivity contribution in [1.82, 2.24) is 15.3 Å². The first kappa shape index (κ1) is 18.3. The number of aromatic amines is 1. The van der Waals surface area contributed by atoms with Crippen LogP contribution in [0.15, 0.2) is 65.4 Å². The summed E-state index contributed by atoms with van der Waals surface area (Å²) in [6.07, 6.45) is 5.29. The van der Waals surface area contributed by atoms with E-state index in [-0.39, 0.29) is 5.91 Å². The topological polar surface area (TPSA) is 70.9 Å². The van der Waals surface area contributed by atoms with Crippen molar-refractivity contribution in [2.45, 2.75) is 25.8 Å². The highest BCUT2D eigenvalue weighted by atomic mass is 35.5. The fourth-order valence-corrected chi connectivity index (χ4v) is 3.49. The Morgan fingerprint density at radius 1 is 1.18 bits per heavy atom. The van der Waals surface area contributed by atoms with Crippen LogP contribution in [-0.2, 0) is 17.8 Å². The average Bonchev–Trinajstić information content (AvgIpc) is 3.35. The number of hydrogen-bond donors (Lipinski definition) is 2. The number of rotatable bonds is 7. The second-order valence-electron chi connectivity index (χ2n) is 6.59. The third kappa shape index (κ3) is 4.10. The summed E-state index contributed by atoms with van der Waals surface area (Å²) in [5.41, 5.74) is 4.01. The number of pyridine rings is 1. The fraction of sp³-hybridized carbons (Fsp3) is 0.182. The van der Waals surface area contributed by atoms with Gasteiger partial charge in [0.2, 0.25) is 5.91 Å². The van der Waals surface area contributed by atoms with Crippen molar-refractivity contribution in [3.63, 3.8) is 0 Å². The summed E-state index contributed by atoms with van der Waals surface area (Å²) in [5, 5.41) is 4.65. The number of H-pyrrole nitrogens is 1. The molecule has 0 aliphatic carbocycles. The molecular weight excluding hydrogens is 374 g/mol. The van der Waals surface area contributed by atoms with Crippen LogP contribution >= 0.6 is 11.6 Å². The maximum absolute atomic E-state index is 12.1. The number of nitrogens with zero attached hydrogens (tertiary/aromatic N) is 1. The van der Waals surface area contributed by atoms with Gasteiger partial charge in [0, 0.05) is 28.5 Å². The molecule has 28 heavy (non-hydrogen) atoms. The molecule has 6 heteroatoms. The second kappa shape index (κ2) is 8.31. The van der Waals surface area contributed by atoms with Gasteiger partial charge in [-0.1, -0.05) is 17.7 Å². The predicted molar refractivity (Wildman–Crippen MR) is 110 cm³/mol. The summed E-state index contributed by atoms with van der Waals surface area (Å²) in [6, 6.07) is 15.3. The van der Waals surface area contributed by atoms with Crippen LogP contribution in [0.5, 0.6) is 0 Å². The molecule has 5 nitrogen and oxygen atoms in total. The number of furan rings is 1. The van der Waals surface area contributed by atoms with Gasteiger partial charge in [-0.15, -0.1) is 0 Å². The Hall–Kier alpha value is -3.05. The third-order valence-corrected chi connectivity index (χ3v) is 4.89. The summed E-state index contributed by atoms with van der Waals surface area (Å²) >= 11 is 6.22. The summed E-state index contributed by atoms with van der Waals surface area (Å²) in [6.45, 7) is 0.410. The lowest BCUT2D eigenvalue weighted by Crippen LogP contribution is -2.22. The van der Waals surface area contributed by atoms with Gasteiger partial charge in [0.25, 0.3) is 0 Å². The smallest absolute Gasteiger partial charge is 0.220 e. The first-order valence-electron chi connectivity index (χ1n) is 9.21. The number of nitrogens with one attached hydrogen (secondary N) is 2. The molecule has 0 spiro atoms. The Morgan fingerprint density at radius 3 is 2.89 bits per heavy atom. The molecule has 0 fully saturated rings. The second-order valence-corrected chi connectivity index (χ2v) is 7.03. The van der Waals surface area contributed by atoms with Crippen molar-refractivity contribution in [3.05, 3.63) is 77.3 Å². The van der Waals surface area contributed by atoms with E-state index in [9.17, 15) is 4.79 Å². The van der Waals surface area contributed by atoms with E-state index < -0.39 is 0 Å². The zero-order chi connectivity index (χ0) is 19.3. The van der Waals surface area contributed by atoms with Crippen molar-refractivity contribution < 1.29 is 9.21 Å². The monoisotopic (exact) mass is 393 g/mol. The fourth-order valence-electron chi connectivity index (χ4n) is 3.32. The Bertz CT molecular complexity index is 1070. The van der Waals surface area contributed by atoms with E-state index >= 15 is 0 Å². The molecule has 3 heterocycles. The molecule has 1 aromatic carbocycles. The van der Waals surface area contributed by atoms with Crippen LogP contribution in [0, 0.1) is 0 Å². The number of fused-ring (bicyclic) bond motifs is 1. The van der Waals surface area contributed by atoms with Crippen molar-refractivity contribution in [1.29, 1.82) is 0 Å². The predicted octanol–water partition coefficient (Wildman–Crippen LogP) is 5.12. The summed E-state index contributed by atoms with van der Waals surface area (Å²) in [5.74, 6) is 0.755. The molecule has 4 aromatic rings. The molecule has 4 rings (SSSR count). The number of carbonyl (C=O) groups is 1. The van der Waals surface area contributed by atoms with Crippen LogP contribution in [0.2, 0.25) is 5.02 Å². The number of carbonyl (C=O) groups excluding carboxylic acids is 1. The number of aryl methyl sites for hydroxylation is 1. The molecular formula is C22H20ClN3O2. The molecule has 0 aliphatic heterocycles. The molecule has 0 bridgehead atoms. The molecule has 2 N–H and O–H groups in total. The van der Waals surface area contributed by atoms with Gasteiger partial charge in [0.1, 0.15) is 5.76 Å². The molecule has 0 saturated carbocycles. The molecule has 142 valence electrons. The normalized spacial score (nSPS) is 11.0. The third-order valence-electron chi connectivity index (χ3n) is 4.66. The van der Waals surface area contributed by atoms with E-state index in [0.717, 1.165) is 46.5 Å². The highest BCUT2D eigenvalue weighted by Crippen LogP contribution is 2.32. The van der Waals surface area contributed by atoms with E-state index in [1.165, 1.54) is 0 Å². The van der Waals surface area contributed by atoms with Crippen molar-refractivity contribution in [3.8, 4) is 11.4 Å². The molecule has 0 radical (unpaired) electrons. The van der Waals surface area contributed by atoms with Crippen molar-refractivity contribution in [2.24, 2.45) is 0 Å². The minimum atomic E-state index is 0.00802. The standard InChI is InChI=1S/C22H20ClN3O2/c23-15-9-10-19-18(13-15)17(22(26-19)20-7-1-2-11-24-20)6-3-8-21(27)25-14-16-5-4-12-28-16/h1-2,4-5,7,9-13,26H,3,6,8,14H2,(H,25,27). The number of amides is 1. The van der Waals surface area contributed by atoms with Gasteiger partial charge >= 0.3 is 0 Å². The van der Waals surface area contributed by atoms with E-state index in [1.807, 2.05) is 48.5 Å². The lowest BCUT2D eigenvalue weighted by Gasteiger charge is -2.06. The Labute approximate surface area is 167 Å². The maximum atomic E-state index is 12.1. The first-order chi connectivity index (χ1) is 13.7. The number of hydrogen-bond acceptors (Lipinski definition) is 3. The van der Waals surface area contributed by atoms with E-state index in [4.69, 9.17) is 16.0 Å². The highest BCUT2D eigenvalue weighted by molar-refractivity contribution is 6.31. The molecule has 1 amide bonds. The zero-order valence-corrected chi connectivity index (χ0v) is 16.0. The molecule has 0 aliphatic rings. The number of benzene rings is 1. The maximum Gasteiger partial charge on any atom is 0.220 e. The van der Waals surface area contributed by atoms with Gasteiger partial charge in [-0.05, 0) is 60.9 Å². The molecule has 3 aromatic heterocycles. The number of aromatic nitrogens is 2. The Balaban J connectivity index is 1.49. The van der Waals surface area contributed by atoms with Crippen LogP contribution in [0.25, 0.3) is 22.3 Å². The lowest BCUT2D eigenvalue weighted by molar-refractivity contribution is -0.121. The Morgan fingerprint density at radius 2 is 2.11 bits per heavy atom. The molecule has 0 unspecified atom stereocenters. The van der Waals surface area contributed by atoms with Gasteiger partial charge in [0.05, 0.1) is 24.2 Å². The van der Waals surface area contributed by atoms with Crippen LogP contribution in [0.4, 0.5) is 0 Å². The molecule has 0 atom stereocenters. The van der Waals surface area contributed by atoms with Gasteiger partial charge in [-0.3, -0.25) is 9.78 Å². The Kier molecular flexibility index (Phi) is 5.44. The molecule has 0 saturated heterocycles. The van der Waals surface area contributed by atoms with Crippen LogP contribution in [-0.4, -0.2) is 15.9 Å². The van der Waals surface area contributed by atoms with E-state index in [1.54, 1.807) is 12.5 Å². The average molecular weight is 394 g/mol. The summed E-state index contributed by atoms with van der Waals surface area (Å²) in [7, 11) is 0. The minimum absolute atomic E-state index is 0.00802. The van der Waals surface area contributed by atoms with Crippen molar-refractivity contribution in [2.75, 3.05) is 0 Å². The van der Waals surface area contributed by atoms with E-state index in [0.29, 0.717) is 18.0 Å². The number of halogens is 1. The highest BCUT2D eigenvalue weighted by Gasteiger charge is 2.15. The zero-order valence-electron chi connectivity index (χ0n) is 15.2.